The molecule has 0 saturated carbocycles. The second-order valence-corrected chi connectivity index (χ2v) is 5.09. The molecule has 3 rings (SSSR count). The number of hydrogen-bond acceptors (Lipinski definition) is 5. The zero-order valence-electron chi connectivity index (χ0n) is 10.2. The Kier molecular flexibility index (Phi) is 2.63. The number of hydrogen-bond donors (Lipinski definition) is 1. The van der Waals surface area contributed by atoms with Gasteiger partial charge in [-0.3, -0.25) is 4.90 Å². The van der Waals surface area contributed by atoms with Crippen LogP contribution in [0.3, 0.4) is 0 Å². The normalized spacial score (nSPS) is 29.4. The Labute approximate surface area is 102 Å². The molecule has 0 spiro atoms. The van der Waals surface area contributed by atoms with Gasteiger partial charge in [0.25, 0.3) is 0 Å². The summed E-state index contributed by atoms with van der Waals surface area (Å²) in [6.45, 7) is 2.13. The highest BCUT2D eigenvalue weighted by Gasteiger charge is 2.34. The smallest absolute Gasteiger partial charge is 0.134 e. The molecule has 2 saturated heterocycles. The van der Waals surface area contributed by atoms with Crippen LogP contribution >= 0.6 is 0 Å². The van der Waals surface area contributed by atoms with E-state index in [-0.39, 0.29) is 0 Å². The standard InChI is InChI=1S/C12H19N5/c1-16-9-2-3-10(16)7-17(5-4-9)12-6-11(13)14-8-15-12/h6,8-10H,2-5,7H2,1H3,(H2,13,14,15). The maximum atomic E-state index is 5.72. The van der Waals surface area contributed by atoms with Gasteiger partial charge < -0.3 is 10.6 Å². The van der Waals surface area contributed by atoms with Crippen molar-refractivity contribution in [1.29, 1.82) is 0 Å². The highest BCUT2D eigenvalue weighted by Crippen LogP contribution is 2.30. The van der Waals surface area contributed by atoms with Gasteiger partial charge in [0.15, 0.2) is 0 Å². The summed E-state index contributed by atoms with van der Waals surface area (Å²) < 4.78 is 0. The van der Waals surface area contributed by atoms with E-state index in [9.17, 15) is 0 Å². The van der Waals surface area contributed by atoms with Gasteiger partial charge in [-0.15, -0.1) is 0 Å². The van der Waals surface area contributed by atoms with Gasteiger partial charge in [0, 0.05) is 31.2 Å². The van der Waals surface area contributed by atoms with Crippen LogP contribution in [0.25, 0.3) is 0 Å². The molecule has 0 radical (unpaired) electrons. The molecule has 2 atom stereocenters. The topological polar surface area (TPSA) is 58.3 Å². The predicted molar refractivity (Wildman–Crippen MR) is 67.8 cm³/mol. The van der Waals surface area contributed by atoms with Gasteiger partial charge in [-0.25, -0.2) is 9.97 Å². The molecule has 2 aliphatic rings. The summed E-state index contributed by atoms with van der Waals surface area (Å²) >= 11 is 0. The van der Waals surface area contributed by atoms with Gasteiger partial charge in [-0.2, -0.15) is 0 Å². The second kappa shape index (κ2) is 4.14. The molecular formula is C12H19N5. The van der Waals surface area contributed by atoms with E-state index in [0.29, 0.717) is 11.9 Å². The Morgan fingerprint density at radius 1 is 1.24 bits per heavy atom. The number of rotatable bonds is 1. The van der Waals surface area contributed by atoms with E-state index >= 15 is 0 Å². The molecule has 0 aliphatic carbocycles. The third-order valence-electron chi connectivity index (χ3n) is 4.15. The Balaban J connectivity index is 1.81. The summed E-state index contributed by atoms with van der Waals surface area (Å²) in [5.41, 5.74) is 5.72. The van der Waals surface area contributed by atoms with Crippen LogP contribution in [0.4, 0.5) is 11.6 Å². The highest BCUT2D eigenvalue weighted by atomic mass is 15.3. The van der Waals surface area contributed by atoms with E-state index < -0.39 is 0 Å². The number of nitrogen functional groups attached to an aromatic ring is 1. The van der Waals surface area contributed by atoms with E-state index in [1.165, 1.54) is 19.3 Å². The zero-order chi connectivity index (χ0) is 11.8. The second-order valence-electron chi connectivity index (χ2n) is 5.09. The van der Waals surface area contributed by atoms with Gasteiger partial charge in [0.1, 0.15) is 18.0 Å². The first kappa shape index (κ1) is 10.8. The average Bonchev–Trinajstić information content (AvgIpc) is 2.53. The fourth-order valence-corrected chi connectivity index (χ4v) is 3.05. The first-order chi connectivity index (χ1) is 8.24. The quantitative estimate of drug-likeness (QED) is 0.775. The monoisotopic (exact) mass is 233 g/mol. The molecule has 5 nitrogen and oxygen atoms in total. The number of aromatic nitrogens is 2. The lowest BCUT2D eigenvalue weighted by Gasteiger charge is -2.26. The third kappa shape index (κ3) is 1.95. The van der Waals surface area contributed by atoms with Crippen LogP contribution in [-0.2, 0) is 0 Å². The molecule has 2 fully saturated rings. The van der Waals surface area contributed by atoms with E-state index in [1.54, 1.807) is 6.33 Å². The lowest BCUT2D eigenvalue weighted by Crippen LogP contribution is -2.37. The van der Waals surface area contributed by atoms with Gasteiger partial charge in [-0.1, -0.05) is 0 Å². The SMILES string of the molecule is CN1C2CCC1CN(c1cc(N)ncn1)CC2. The molecule has 17 heavy (non-hydrogen) atoms. The van der Waals surface area contributed by atoms with Crippen molar-refractivity contribution in [2.45, 2.75) is 31.3 Å². The summed E-state index contributed by atoms with van der Waals surface area (Å²) in [5, 5.41) is 0. The molecule has 2 unspecified atom stereocenters. The largest absolute Gasteiger partial charge is 0.384 e. The minimum atomic E-state index is 0.553. The Morgan fingerprint density at radius 3 is 2.88 bits per heavy atom. The number of likely N-dealkylation sites (N-methyl/N-ethyl adjacent to an activating group) is 1. The van der Waals surface area contributed by atoms with Crippen molar-refractivity contribution in [3.05, 3.63) is 12.4 Å². The summed E-state index contributed by atoms with van der Waals surface area (Å²) in [6, 6.07) is 3.29. The molecule has 92 valence electrons. The predicted octanol–water partition coefficient (Wildman–Crippen LogP) is 0.732. The molecule has 2 N–H and O–H groups in total. The van der Waals surface area contributed by atoms with Crippen LogP contribution in [0.2, 0.25) is 0 Å². The molecular weight excluding hydrogens is 214 g/mol. The van der Waals surface area contributed by atoms with Crippen LogP contribution < -0.4 is 10.6 Å². The molecule has 1 aromatic heterocycles. The van der Waals surface area contributed by atoms with Gasteiger partial charge >= 0.3 is 0 Å². The summed E-state index contributed by atoms with van der Waals surface area (Å²) in [5.74, 6) is 1.52. The molecule has 1 aromatic rings. The van der Waals surface area contributed by atoms with E-state index in [1.807, 2.05) is 6.07 Å². The van der Waals surface area contributed by atoms with E-state index in [4.69, 9.17) is 5.73 Å². The molecule has 2 aliphatic heterocycles. The van der Waals surface area contributed by atoms with Crippen molar-refractivity contribution < 1.29 is 0 Å². The molecule has 2 bridgehead atoms. The van der Waals surface area contributed by atoms with Gasteiger partial charge in [0.2, 0.25) is 0 Å². The van der Waals surface area contributed by atoms with Crippen LogP contribution in [0.5, 0.6) is 0 Å². The molecule has 3 heterocycles. The summed E-state index contributed by atoms with van der Waals surface area (Å²) in [4.78, 5) is 13.2. The van der Waals surface area contributed by atoms with E-state index in [0.717, 1.165) is 24.9 Å². The lowest BCUT2D eigenvalue weighted by atomic mass is 10.1. The summed E-state index contributed by atoms with van der Waals surface area (Å²) in [7, 11) is 2.25. The molecule has 0 amide bonds. The lowest BCUT2D eigenvalue weighted by molar-refractivity contribution is 0.254. The maximum Gasteiger partial charge on any atom is 0.134 e. The van der Waals surface area contributed by atoms with Crippen LogP contribution in [0, 0.1) is 0 Å². The number of anilines is 2. The summed E-state index contributed by atoms with van der Waals surface area (Å²) in [6.07, 6.45) is 5.42. The van der Waals surface area contributed by atoms with Crippen LogP contribution in [0.15, 0.2) is 12.4 Å². The Morgan fingerprint density at radius 2 is 2.06 bits per heavy atom. The minimum Gasteiger partial charge on any atom is -0.384 e. The number of nitrogens with zero attached hydrogens (tertiary/aromatic N) is 4. The average molecular weight is 233 g/mol. The minimum absolute atomic E-state index is 0.553. The maximum absolute atomic E-state index is 5.72. The van der Waals surface area contributed by atoms with Crippen molar-refractivity contribution in [3.63, 3.8) is 0 Å². The fourth-order valence-electron chi connectivity index (χ4n) is 3.05. The number of nitrogens with two attached hydrogens (primary N) is 1. The van der Waals surface area contributed by atoms with Crippen molar-refractivity contribution in [3.8, 4) is 0 Å². The fraction of sp³-hybridized carbons (Fsp3) is 0.667. The van der Waals surface area contributed by atoms with Crippen molar-refractivity contribution >= 4 is 11.6 Å². The first-order valence-electron chi connectivity index (χ1n) is 6.28. The number of fused-ring (bicyclic) bond motifs is 2. The highest BCUT2D eigenvalue weighted by molar-refractivity contribution is 5.46. The molecule has 5 heteroatoms. The van der Waals surface area contributed by atoms with Crippen LogP contribution in [-0.4, -0.2) is 47.1 Å². The zero-order valence-corrected chi connectivity index (χ0v) is 10.2. The Bertz CT molecular complexity index is 408. The first-order valence-corrected chi connectivity index (χ1v) is 6.28. The Hall–Kier alpha value is -1.36. The van der Waals surface area contributed by atoms with Gasteiger partial charge in [0.05, 0.1) is 0 Å². The van der Waals surface area contributed by atoms with Gasteiger partial charge in [-0.05, 0) is 26.3 Å². The van der Waals surface area contributed by atoms with E-state index in [2.05, 4.69) is 26.8 Å². The van der Waals surface area contributed by atoms with Crippen molar-refractivity contribution in [2.24, 2.45) is 0 Å². The third-order valence-corrected chi connectivity index (χ3v) is 4.15. The van der Waals surface area contributed by atoms with Crippen molar-refractivity contribution in [1.82, 2.24) is 14.9 Å². The van der Waals surface area contributed by atoms with Crippen molar-refractivity contribution in [2.75, 3.05) is 30.8 Å². The van der Waals surface area contributed by atoms with Crippen LogP contribution in [0.1, 0.15) is 19.3 Å². The molecule has 0 aromatic carbocycles.